The third kappa shape index (κ3) is 3.29. The zero-order chi connectivity index (χ0) is 22.5. The molecule has 2 aliphatic heterocycles. The van der Waals surface area contributed by atoms with Gasteiger partial charge in [-0.05, 0) is 30.0 Å². The van der Waals surface area contributed by atoms with E-state index < -0.39 is 12.0 Å². The van der Waals surface area contributed by atoms with Gasteiger partial charge in [-0.1, -0.05) is 54.6 Å². The molecule has 33 heavy (non-hydrogen) atoms. The van der Waals surface area contributed by atoms with Gasteiger partial charge in [-0.15, -0.1) is 0 Å². The number of pyridine rings is 1. The molecule has 0 amide bonds. The molecule has 1 unspecified atom stereocenters. The van der Waals surface area contributed by atoms with Gasteiger partial charge in [0.2, 0.25) is 0 Å². The topological polar surface area (TPSA) is 78.3 Å². The Labute approximate surface area is 191 Å². The largest absolute Gasteiger partial charge is 0.480 e. The van der Waals surface area contributed by atoms with Crippen LogP contribution in [-0.4, -0.2) is 38.6 Å². The van der Waals surface area contributed by atoms with Crippen LogP contribution in [0.2, 0.25) is 0 Å². The zero-order valence-corrected chi connectivity index (χ0v) is 18.1. The van der Waals surface area contributed by atoms with E-state index in [9.17, 15) is 14.7 Å². The van der Waals surface area contributed by atoms with Crippen LogP contribution in [0.3, 0.4) is 0 Å². The van der Waals surface area contributed by atoms with E-state index in [0.717, 1.165) is 39.8 Å². The summed E-state index contributed by atoms with van der Waals surface area (Å²) in [7, 11) is 0. The van der Waals surface area contributed by atoms with Crippen molar-refractivity contribution in [3.05, 3.63) is 94.4 Å². The van der Waals surface area contributed by atoms with Gasteiger partial charge in [0, 0.05) is 53.8 Å². The molecular formula is C27H25N3O3. The lowest BCUT2D eigenvalue weighted by molar-refractivity contribution is -0.144. The number of aromatic nitrogens is 2. The van der Waals surface area contributed by atoms with Gasteiger partial charge in [-0.3, -0.25) is 14.5 Å². The van der Waals surface area contributed by atoms with Crippen molar-refractivity contribution < 1.29 is 9.90 Å². The summed E-state index contributed by atoms with van der Waals surface area (Å²) in [6.07, 6.45) is 0.992. The number of piperidine rings is 1. The minimum Gasteiger partial charge on any atom is -0.480 e. The number of hydrogen-bond donors (Lipinski definition) is 2. The van der Waals surface area contributed by atoms with Gasteiger partial charge in [-0.25, -0.2) is 0 Å². The van der Waals surface area contributed by atoms with Crippen molar-refractivity contribution in [3.8, 4) is 11.3 Å². The number of rotatable bonds is 4. The molecule has 6 heteroatoms. The van der Waals surface area contributed by atoms with Crippen LogP contribution in [0.4, 0.5) is 0 Å². The van der Waals surface area contributed by atoms with Crippen molar-refractivity contribution in [2.24, 2.45) is 5.92 Å². The number of fused-ring (bicyclic) bond motifs is 5. The molecule has 6 rings (SSSR count). The second-order valence-electron chi connectivity index (χ2n) is 9.22. The van der Waals surface area contributed by atoms with Crippen LogP contribution in [0, 0.1) is 5.92 Å². The summed E-state index contributed by atoms with van der Waals surface area (Å²) >= 11 is 0. The summed E-state index contributed by atoms with van der Waals surface area (Å²) in [5, 5.41) is 11.5. The lowest BCUT2D eigenvalue weighted by Gasteiger charge is -2.44. The van der Waals surface area contributed by atoms with E-state index in [1.54, 1.807) is 6.07 Å². The monoisotopic (exact) mass is 439 g/mol. The Morgan fingerprint density at radius 2 is 1.73 bits per heavy atom. The Kier molecular flexibility index (Phi) is 4.69. The van der Waals surface area contributed by atoms with Gasteiger partial charge in [0.15, 0.2) is 0 Å². The van der Waals surface area contributed by atoms with E-state index in [2.05, 4.69) is 9.88 Å². The molecule has 2 aliphatic rings. The maximum absolute atomic E-state index is 12.8. The molecule has 0 saturated carbocycles. The number of benzene rings is 2. The molecule has 1 saturated heterocycles. The van der Waals surface area contributed by atoms with Crippen molar-refractivity contribution in [2.75, 3.05) is 13.1 Å². The normalized spacial score (nSPS) is 21.0. The molecule has 0 radical (unpaired) electrons. The molecule has 3 atom stereocenters. The highest BCUT2D eigenvalue weighted by atomic mass is 16.4. The van der Waals surface area contributed by atoms with E-state index in [0.29, 0.717) is 19.6 Å². The number of likely N-dealkylation sites (tertiary alicyclic amines) is 1. The molecule has 4 aromatic rings. The lowest BCUT2D eigenvalue weighted by Crippen LogP contribution is -2.49. The lowest BCUT2D eigenvalue weighted by atomic mass is 9.81. The molecular weight excluding hydrogens is 414 g/mol. The highest BCUT2D eigenvalue weighted by Gasteiger charge is 2.41. The average molecular weight is 440 g/mol. The third-order valence-corrected chi connectivity index (χ3v) is 7.19. The Hall–Kier alpha value is -3.64. The molecule has 2 aromatic heterocycles. The van der Waals surface area contributed by atoms with E-state index in [1.807, 2.05) is 71.3 Å². The van der Waals surface area contributed by atoms with Gasteiger partial charge in [0.05, 0.1) is 5.69 Å². The van der Waals surface area contributed by atoms with Gasteiger partial charge in [0.25, 0.3) is 5.56 Å². The molecule has 0 spiro atoms. The minimum absolute atomic E-state index is 0.0356. The summed E-state index contributed by atoms with van der Waals surface area (Å²) in [4.78, 5) is 30.8. The highest BCUT2D eigenvalue weighted by Crippen LogP contribution is 2.42. The zero-order valence-electron chi connectivity index (χ0n) is 18.1. The van der Waals surface area contributed by atoms with Crippen LogP contribution in [0.15, 0.2) is 77.6 Å². The van der Waals surface area contributed by atoms with Gasteiger partial charge in [0.1, 0.15) is 6.04 Å². The van der Waals surface area contributed by atoms with Crippen LogP contribution < -0.4 is 5.56 Å². The van der Waals surface area contributed by atoms with Crippen molar-refractivity contribution >= 4 is 16.9 Å². The summed E-state index contributed by atoms with van der Waals surface area (Å²) in [5.41, 5.74) is 4.64. The van der Waals surface area contributed by atoms with Crippen LogP contribution in [0.25, 0.3) is 22.2 Å². The molecule has 2 N–H and O–H groups in total. The predicted octanol–water partition coefficient (Wildman–Crippen LogP) is 4.24. The highest BCUT2D eigenvalue weighted by molar-refractivity contribution is 5.95. The fourth-order valence-electron chi connectivity index (χ4n) is 5.89. The number of nitrogens with zero attached hydrogens (tertiary/aromatic N) is 2. The number of aromatic amines is 1. The van der Waals surface area contributed by atoms with Gasteiger partial charge in [-0.2, -0.15) is 0 Å². The number of H-pyrrole nitrogens is 1. The SMILES string of the molecule is O=C(O)C(c1c(-c2ccccc2)[nH]c2ccccc12)N1C[C@@H]2C[C@H](C1)c1cccc(=O)n1C2. The number of carboxylic acids is 1. The molecule has 0 aliphatic carbocycles. The predicted molar refractivity (Wildman–Crippen MR) is 127 cm³/mol. The quantitative estimate of drug-likeness (QED) is 0.499. The average Bonchev–Trinajstić information content (AvgIpc) is 3.20. The molecule has 6 nitrogen and oxygen atoms in total. The van der Waals surface area contributed by atoms with Gasteiger partial charge >= 0.3 is 5.97 Å². The fourth-order valence-corrected chi connectivity index (χ4v) is 5.89. The van der Waals surface area contributed by atoms with E-state index in [4.69, 9.17) is 0 Å². The van der Waals surface area contributed by atoms with E-state index in [-0.39, 0.29) is 17.4 Å². The second kappa shape index (κ2) is 7.74. The molecule has 2 aromatic carbocycles. The second-order valence-corrected chi connectivity index (χ2v) is 9.22. The Balaban J connectivity index is 1.48. The van der Waals surface area contributed by atoms with Crippen molar-refractivity contribution in [2.45, 2.75) is 24.9 Å². The van der Waals surface area contributed by atoms with Crippen LogP contribution in [-0.2, 0) is 11.3 Å². The first kappa shape index (κ1) is 20.0. The maximum Gasteiger partial charge on any atom is 0.325 e. The van der Waals surface area contributed by atoms with Gasteiger partial charge < -0.3 is 14.7 Å². The Morgan fingerprint density at radius 3 is 2.55 bits per heavy atom. The summed E-state index contributed by atoms with van der Waals surface area (Å²) < 4.78 is 1.88. The first-order valence-corrected chi connectivity index (χ1v) is 11.4. The minimum atomic E-state index is -0.845. The van der Waals surface area contributed by atoms with Crippen LogP contribution in [0.1, 0.15) is 29.6 Å². The number of carbonyl (C=O) groups is 1. The first-order chi connectivity index (χ1) is 16.1. The number of para-hydroxylation sites is 1. The molecule has 1 fully saturated rings. The number of aliphatic carboxylic acids is 1. The standard InChI is InChI=1S/C27H25N3O3/c31-23-12-6-11-22-19-13-17(15-30(22)23)14-29(16-19)26(27(32)33)24-20-9-4-5-10-21(20)28-25(24)18-7-2-1-3-8-18/h1-12,17,19,26,28H,13-16H2,(H,32,33)/t17-,19+,26?/m0/s1. The van der Waals surface area contributed by atoms with E-state index in [1.165, 1.54) is 0 Å². The van der Waals surface area contributed by atoms with Crippen molar-refractivity contribution in [1.82, 2.24) is 14.5 Å². The van der Waals surface area contributed by atoms with Crippen LogP contribution in [0.5, 0.6) is 0 Å². The number of carboxylic acid groups (broad SMARTS) is 1. The summed E-state index contributed by atoms with van der Waals surface area (Å²) in [6, 6.07) is 22.5. The Bertz CT molecular complexity index is 1410. The first-order valence-electron chi connectivity index (χ1n) is 11.4. The summed E-state index contributed by atoms with van der Waals surface area (Å²) in [6.45, 7) is 1.92. The van der Waals surface area contributed by atoms with E-state index >= 15 is 0 Å². The number of nitrogens with one attached hydrogen (secondary N) is 1. The fraction of sp³-hybridized carbons (Fsp3) is 0.259. The Morgan fingerprint density at radius 1 is 0.939 bits per heavy atom. The smallest absolute Gasteiger partial charge is 0.325 e. The third-order valence-electron chi connectivity index (χ3n) is 7.19. The summed E-state index contributed by atoms with van der Waals surface area (Å²) in [5.74, 6) is -0.440. The molecule has 2 bridgehead atoms. The molecule has 166 valence electrons. The number of hydrogen-bond acceptors (Lipinski definition) is 3. The van der Waals surface area contributed by atoms with Crippen molar-refractivity contribution in [1.29, 1.82) is 0 Å². The molecule has 4 heterocycles. The van der Waals surface area contributed by atoms with Crippen LogP contribution >= 0.6 is 0 Å². The maximum atomic E-state index is 12.8. The van der Waals surface area contributed by atoms with Crippen molar-refractivity contribution in [3.63, 3.8) is 0 Å².